The second-order valence-electron chi connectivity index (χ2n) is 5.50. The van der Waals surface area contributed by atoms with Gasteiger partial charge in [-0.1, -0.05) is 0 Å². The van der Waals surface area contributed by atoms with Crippen LogP contribution in [0.15, 0.2) is 18.2 Å². The van der Waals surface area contributed by atoms with Crippen LogP contribution in [-0.2, 0) is 20.7 Å². The number of carboxylic acids is 1. The fourth-order valence-electron chi connectivity index (χ4n) is 2.51. The molecule has 7 heteroatoms. The van der Waals surface area contributed by atoms with Crippen molar-refractivity contribution >= 4 is 17.7 Å². The van der Waals surface area contributed by atoms with Crippen molar-refractivity contribution < 1.29 is 29.0 Å². The van der Waals surface area contributed by atoms with Gasteiger partial charge in [0.25, 0.3) is 0 Å². The van der Waals surface area contributed by atoms with Crippen LogP contribution < -0.4 is 10.1 Å². The fourth-order valence-corrected chi connectivity index (χ4v) is 2.51. The lowest BCUT2D eigenvalue weighted by Crippen LogP contribution is -2.55. The van der Waals surface area contributed by atoms with Gasteiger partial charge in [0, 0.05) is 24.2 Å². The number of methoxy groups -OCH3 is 1. The Bertz CT molecular complexity index is 633. The molecule has 1 unspecified atom stereocenters. The van der Waals surface area contributed by atoms with Gasteiger partial charge in [0.2, 0.25) is 5.91 Å². The first-order valence-corrected chi connectivity index (χ1v) is 7.18. The molecule has 0 spiro atoms. The van der Waals surface area contributed by atoms with E-state index in [1.165, 1.54) is 14.0 Å². The van der Waals surface area contributed by atoms with Crippen LogP contribution in [0.5, 0.6) is 5.75 Å². The smallest absolute Gasteiger partial charge is 0.331 e. The van der Waals surface area contributed by atoms with Crippen LogP contribution in [0.4, 0.5) is 0 Å². The van der Waals surface area contributed by atoms with Gasteiger partial charge in [-0.15, -0.1) is 0 Å². The van der Waals surface area contributed by atoms with E-state index in [9.17, 15) is 19.5 Å². The van der Waals surface area contributed by atoms with E-state index in [2.05, 4.69) is 5.32 Å². The summed E-state index contributed by atoms with van der Waals surface area (Å²) in [5.41, 5.74) is -0.398. The number of aliphatic carboxylic acids is 1. The maximum absolute atomic E-state index is 12.3. The Hall–Kier alpha value is -2.41. The van der Waals surface area contributed by atoms with Gasteiger partial charge in [-0.05, 0) is 25.1 Å². The number of benzene rings is 1. The molecule has 2 rings (SSSR count). The summed E-state index contributed by atoms with van der Waals surface area (Å²) < 4.78 is 10.3. The molecule has 0 aliphatic carbocycles. The summed E-state index contributed by atoms with van der Waals surface area (Å²) in [5, 5.41) is 11.9. The first kappa shape index (κ1) is 17.0. The monoisotopic (exact) mass is 321 g/mol. The average Bonchev–Trinajstić information content (AvgIpc) is 2.96. The van der Waals surface area contributed by atoms with Crippen molar-refractivity contribution in [1.82, 2.24) is 5.32 Å². The quantitative estimate of drug-likeness (QED) is 0.752. The van der Waals surface area contributed by atoms with E-state index in [4.69, 9.17) is 9.47 Å². The van der Waals surface area contributed by atoms with Crippen molar-refractivity contribution in [1.29, 1.82) is 0 Å². The van der Waals surface area contributed by atoms with Crippen molar-refractivity contribution in [2.75, 3.05) is 20.3 Å². The van der Waals surface area contributed by atoms with Crippen molar-refractivity contribution in [2.24, 2.45) is 0 Å². The number of amides is 1. The van der Waals surface area contributed by atoms with E-state index in [0.717, 1.165) is 0 Å². The molecular formula is C16H19NO6. The first-order chi connectivity index (χ1) is 10.9. The number of nitrogens with one attached hydrogen (secondary N) is 1. The number of ether oxygens (including phenoxy) is 2. The summed E-state index contributed by atoms with van der Waals surface area (Å²) in [6, 6.07) is 4.82. The van der Waals surface area contributed by atoms with E-state index in [1.807, 2.05) is 0 Å². The van der Waals surface area contributed by atoms with E-state index >= 15 is 0 Å². The molecule has 1 heterocycles. The van der Waals surface area contributed by atoms with Gasteiger partial charge >= 0.3 is 5.97 Å². The van der Waals surface area contributed by atoms with Crippen molar-refractivity contribution in [3.63, 3.8) is 0 Å². The van der Waals surface area contributed by atoms with Crippen LogP contribution in [0.25, 0.3) is 0 Å². The maximum Gasteiger partial charge on any atom is 0.331 e. The Balaban J connectivity index is 2.17. The molecular weight excluding hydrogens is 302 g/mol. The first-order valence-electron chi connectivity index (χ1n) is 7.18. The number of carbonyl (C=O) groups is 3. The molecule has 0 aromatic heterocycles. The largest absolute Gasteiger partial charge is 0.496 e. The normalized spacial score (nSPS) is 20.1. The van der Waals surface area contributed by atoms with Gasteiger partial charge < -0.3 is 19.9 Å². The minimum absolute atomic E-state index is 0.0569. The fraction of sp³-hybridized carbons (Fsp3) is 0.438. The molecule has 124 valence electrons. The lowest BCUT2D eigenvalue weighted by Gasteiger charge is -2.24. The van der Waals surface area contributed by atoms with Gasteiger partial charge in [-0.3, -0.25) is 9.59 Å². The Kier molecular flexibility index (Phi) is 5.00. The predicted octanol–water partition coefficient (Wildman–Crippen LogP) is 0.800. The number of carbonyl (C=O) groups excluding carboxylic acids is 2. The highest BCUT2D eigenvalue weighted by molar-refractivity contribution is 5.95. The molecule has 0 radical (unpaired) electrons. The van der Waals surface area contributed by atoms with E-state index in [1.54, 1.807) is 18.2 Å². The van der Waals surface area contributed by atoms with Gasteiger partial charge in [-0.2, -0.15) is 0 Å². The molecule has 0 bridgehead atoms. The van der Waals surface area contributed by atoms with Gasteiger partial charge in [0.05, 0.1) is 20.1 Å². The van der Waals surface area contributed by atoms with E-state index < -0.39 is 17.4 Å². The van der Waals surface area contributed by atoms with Crippen LogP contribution >= 0.6 is 0 Å². The van der Waals surface area contributed by atoms with Crippen LogP contribution in [0, 0.1) is 0 Å². The highest BCUT2D eigenvalue weighted by Gasteiger charge is 2.43. The second kappa shape index (κ2) is 6.78. The summed E-state index contributed by atoms with van der Waals surface area (Å²) >= 11 is 0. The Labute approximate surface area is 133 Å². The van der Waals surface area contributed by atoms with Crippen molar-refractivity contribution in [2.45, 2.75) is 25.3 Å². The highest BCUT2D eigenvalue weighted by atomic mass is 16.5. The van der Waals surface area contributed by atoms with E-state index in [0.29, 0.717) is 16.9 Å². The minimum atomic E-state index is -1.39. The summed E-state index contributed by atoms with van der Waals surface area (Å²) in [5.74, 6) is -1.23. The number of ketones is 1. The lowest BCUT2D eigenvalue weighted by atomic mass is 9.98. The third-order valence-corrected chi connectivity index (χ3v) is 3.85. The standard InChI is InChI=1S/C16H19NO6/c1-10(18)11-3-4-13(22-2)12(7-11)8-14(19)17-16(15(20)21)5-6-23-9-16/h3-4,7H,5-6,8-9H2,1-2H3,(H,17,19)(H,20,21). The molecule has 23 heavy (non-hydrogen) atoms. The third-order valence-electron chi connectivity index (χ3n) is 3.85. The number of hydrogen-bond acceptors (Lipinski definition) is 5. The SMILES string of the molecule is COc1ccc(C(C)=O)cc1CC(=O)NC1(C(=O)O)CCOC1. The molecule has 0 saturated carbocycles. The van der Waals surface area contributed by atoms with Gasteiger partial charge in [0.15, 0.2) is 11.3 Å². The maximum atomic E-state index is 12.3. The summed E-state index contributed by atoms with van der Waals surface area (Å²) in [6.07, 6.45) is 0.137. The molecule has 7 nitrogen and oxygen atoms in total. The van der Waals surface area contributed by atoms with Gasteiger partial charge in [0.1, 0.15) is 5.75 Å². The van der Waals surface area contributed by atoms with Crippen molar-refractivity contribution in [3.05, 3.63) is 29.3 Å². The highest BCUT2D eigenvalue weighted by Crippen LogP contribution is 2.23. The van der Waals surface area contributed by atoms with E-state index in [-0.39, 0.29) is 31.8 Å². The molecule has 1 amide bonds. The van der Waals surface area contributed by atoms with Crippen LogP contribution in [-0.4, -0.2) is 48.6 Å². The lowest BCUT2D eigenvalue weighted by molar-refractivity contribution is -0.147. The summed E-state index contributed by atoms with van der Waals surface area (Å²) in [6.45, 7) is 1.66. The third kappa shape index (κ3) is 3.68. The zero-order valence-electron chi connectivity index (χ0n) is 13.0. The van der Waals surface area contributed by atoms with Crippen molar-refractivity contribution in [3.8, 4) is 5.75 Å². The molecule has 2 N–H and O–H groups in total. The molecule has 1 aliphatic rings. The molecule has 1 aliphatic heterocycles. The topological polar surface area (TPSA) is 102 Å². The number of hydrogen-bond donors (Lipinski definition) is 2. The second-order valence-corrected chi connectivity index (χ2v) is 5.50. The van der Waals surface area contributed by atoms with Gasteiger partial charge in [-0.25, -0.2) is 4.79 Å². The molecule has 1 aromatic rings. The predicted molar refractivity (Wildman–Crippen MR) is 80.6 cm³/mol. The number of carboxylic acid groups (broad SMARTS) is 1. The van der Waals surface area contributed by atoms with Crippen LogP contribution in [0.1, 0.15) is 29.3 Å². The summed E-state index contributed by atoms with van der Waals surface area (Å²) in [4.78, 5) is 35.1. The molecule has 1 aromatic carbocycles. The van der Waals surface area contributed by atoms with Crippen LogP contribution in [0.3, 0.4) is 0 Å². The zero-order valence-corrected chi connectivity index (χ0v) is 13.0. The zero-order chi connectivity index (χ0) is 17.0. The molecule has 1 fully saturated rings. The number of rotatable bonds is 6. The molecule has 1 atom stereocenters. The Morgan fingerprint density at radius 1 is 1.39 bits per heavy atom. The average molecular weight is 321 g/mol. The molecule has 1 saturated heterocycles. The number of Topliss-reactive ketones (excluding diaryl/α,β-unsaturated/α-hetero) is 1. The Morgan fingerprint density at radius 2 is 2.13 bits per heavy atom. The minimum Gasteiger partial charge on any atom is -0.496 e. The Morgan fingerprint density at radius 3 is 2.65 bits per heavy atom. The van der Waals surface area contributed by atoms with Crippen LogP contribution in [0.2, 0.25) is 0 Å². The summed E-state index contributed by atoms with van der Waals surface area (Å²) in [7, 11) is 1.47.